The third-order valence-corrected chi connectivity index (χ3v) is 3.43. The molecule has 8 heteroatoms. The molecule has 0 spiro atoms. The zero-order chi connectivity index (χ0) is 19.3. The van der Waals surface area contributed by atoms with E-state index in [-0.39, 0.29) is 12.5 Å². The molecule has 0 bridgehead atoms. The zero-order valence-corrected chi connectivity index (χ0v) is 15.3. The van der Waals surface area contributed by atoms with E-state index in [0.29, 0.717) is 38.5 Å². The van der Waals surface area contributed by atoms with Gasteiger partial charge in [-0.05, 0) is 49.7 Å². The van der Waals surface area contributed by atoms with Crippen molar-refractivity contribution >= 4 is 17.6 Å². The molecule has 1 aromatic carbocycles. The Kier molecular flexibility index (Phi) is 8.72. The van der Waals surface area contributed by atoms with Gasteiger partial charge in [0.15, 0.2) is 0 Å². The predicted molar refractivity (Wildman–Crippen MR) is 101 cm³/mol. The summed E-state index contributed by atoms with van der Waals surface area (Å²) < 4.78 is 15.9. The molecule has 2 rings (SSSR count). The first-order chi connectivity index (χ1) is 13.2. The van der Waals surface area contributed by atoms with Gasteiger partial charge in [-0.3, -0.25) is 4.79 Å². The first kappa shape index (κ1) is 20.3. The van der Waals surface area contributed by atoms with Gasteiger partial charge >= 0.3 is 6.03 Å². The Balaban J connectivity index is 1.52. The Bertz CT molecular complexity index is 686. The lowest BCUT2D eigenvalue weighted by atomic mass is 10.3. The molecule has 0 aliphatic carbocycles. The Labute approximate surface area is 158 Å². The van der Waals surface area contributed by atoms with Crippen LogP contribution in [-0.4, -0.2) is 38.2 Å². The van der Waals surface area contributed by atoms with Gasteiger partial charge in [0.1, 0.15) is 18.1 Å². The summed E-state index contributed by atoms with van der Waals surface area (Å²) in [7, 11) is 0. The Morgan fingerprint density at radius 2 is 1.93 bits per heavy atom. The highest BCUT2D eigenvalue weighted by atomic mass is 16.5. The summed E-state index contributed by atoms with van der Waals surface area (Å²) >= 11 is 0. The number of carbonyl (C=O) groups is 2. The van der Waals surface area contributed by atoms with Crippen molar-refractivity contribution in [3.05, 3.63) is 48.4 Å². The van der Waals surface area contributed by atoms with Gasteiger partial charge in [-0.1, -0.05) is 0 Å². The number of hydrogen-bond donors (Lipinski definition) is 3. The van der Waals surface area contributed by atoms with Gasteiger partial charge in [0, 0.05) is 18.8 Å². The number of nitrogens with one attached hydrogen (secondary N) is 3. The summed E-state index contributed by atoms with van der Waals surface area (Å²) in [6.45, 7) is 3.73. The minimum atomic E-state index is -0.400. The third-order valence-electron chi connectivity index (χ3n) is 3.43. The van der Waals surface area contributed by atoms with Crippen molar-refractivity contribution < 1.29 is 23.5 Å². The molecule has 0 atom stereocenters. The smallest absolute Gasteiger partial charge is 0.315 e. The van der Waals surface area contributed by atoms with Crippen LogP contribution in [0.1, 0.15) is 19.1 Å². The van der Waals surface area contributed by atoms with Crippen LogP contribution in [0.15, 0.2) is 47.1 Å². The normalized spacial score (nSPS) is 10.3. The van der Waals surface area contributed by atoms with Crippen molar-refractivity contribution in [2.45, 2.75) is 20.0 Å². The predicted octanol–water partition coefficient (Wildman–Crippen LogP) is 2.52. The summed E-state index contributed by atoms with van der Waals surface area (Å²) in [5, 5.41) is 7.87. The maximum Gasteiger partial charge on any atom is 0.315 e. The zero-order valence-electron chi connectivity index (χ0n) is 15.3. The molecule has 3 amide bonds. The number of anilines is 1. The van der Waals surface area contributed by atoms with Gasteiger partial charge in [-0.15, -0.1) is 0 Å². The maximum atomic E-state index is 11.8. The van der Waals surface area contributed by atoms with E-state index in [1.54, 1.807) is 36.6 Å². The van der Waals surface area contributed by atoms with Crippen molar-refractivity contribution in [1.29, 1.82) is 0 Å². The van der Waals surface area contributed by atoms with E-state index in [4.69, 9.17) is 13.9 Å². The molecule has 146 valence electrons. The molecular weight excluding hydrogens is 350 g/mol. The minimum absolute atomic E-state index is 0.117. The van der Waals surface area contributed by atoms with Crippen LogP contribution in [0.3, 0.4) is 0 Å². The number of furan rings is 1. The first-order valence-corrected chi connectivity index (χ1v) is 8.82. The number of amides is 3. The van der Waals surface area contributed by atoms with Gasteiger partial charge in [0.05, 0.1) is 19.4 Å². The van der Waals surface area contributed by atoms with Crippen LogP contribution in [0, 0.1) is 0 Å². The van der Waals surface area contributed by atoms with Crippen molar-refractivity contribution in [2.75, 3.05) is 31.6 Å². The van der Waals surface area contributed by atoms with E-state index in [9.17, 15) is 9.59 Å². The van der Waals surface area contributed by atoms with Crippen LogP contribution in [0.4, 0.5) is 10.5 Å². The average Bonchev–Trinajstić information content (AvgIpc) is 3.18. The lowest BCUT2D eigenvalue weighted by Gasteiger charge is -2.09. The Morgan fingerprint density at radius 1 is 1.11 bits per heavy atom. The maximum absolute atomic E-state index is 11.8. The number of ether oxygens (including phenoxy) is 2. The largest absolute Gasteiger partial charge is 0.494 e. The highest BCUT2D eigenvalue weighted by molar-refractivity contribution is 5.94. The Morgan fingerprint density at radius 3 is 2.63 bits per heavy atom. The molecule has 3 N–H and O–H groups in total. The van der Waals surface area contributed by atoms with Crippen LogP contribution in [0.5, 0.6) is 5.75 Å². The second-order valence-electron chi connectivity index (χ2n) is 5.60. The van der Waals surface area contributed by atoms with E-state index < -0.39 is 6.03 Å². The van der Waals surface area contributed by atoms with E-state index in [0.717, 1.165) is 11.5 Å². The fraction of sp³-hybridized carbons (Fsp3) is 0.368. The second-order valence-corrected chi connectivity index (χ2v) is 5.60. The van der Waals surface area contributed by atoms with E-state index >= 15 is 0 Å². The second kappa shape index (κ2) is 11.6. The van der Waals surface area contributed by atoms with Crippen LogP contribution in [0.25, 0.3) is 0 Å². The lowest BCUT2D eigenvalue weighted by molar-refractivity contribution is -0.115. The monoisotopic (exact) mass is 375 g/mol. The molecular formula is C19H25N3O5. The molecule has 8 nitrogen and oxygen atoms in total. The minimum Gasteiger partial charge on any atom is -0.494 e. The molecule has 0 aliphatic rings. The highest BCUT2D eigenvalue weighted by Gasteiger charge is 2.06. The molecule has 1 aromatic heterocycles. The summed E-state index contributed by atoms with van der Waals surface area (Å²) in [5.74, 6) is 1.19. The Hall–Kier alpha value is -3.00. The number of carbonyl (C=O) groups excluding carboxylic acids is 2. The standard InChI is InChI=1S/C19H25N3O5/c1-2-26-16-8-6-15(7-9-16)22-18(23)13-21-19(24)20-10-4-11-25-14-17-5-3-12-27-17/h3,5-9,12H,2,4,10-11,13-14H2,1H3,(H,22,23)(H2,20,21,24). The number of rotatable bonds is 11. The molecule has 0 saturated heterocycles. The average molecular weight is 375 g/mol. The molecule has 0 radical (unpaired) electrons. The topological polar surface area (TPSA) is 102 Å². The number of benzene rings is 1. The molecule has 0 aliphatic heterocycles. The summed E-state index contributed by atoms with van der Waals surface area (Å²) in [6.07, 6.45) is 2.25. The highest BCUT2D eigenvalue weighted by Crippen LogP contribution is 2.15. The fourth-order valence-electron chi connectivity index (χ4n) is 2.17. The lowest BCUT2D eigenvalue weighted by Crippen LogP contribution is -2.40. The number of urea groups is 1. The fourth-order valence-corrected chi connectivity index (χ4v) is 2.17. The van der Waals surface area contributed by atoms with Crippen molar-refractivity contribution in [2.24, 2.45) is 0 Å². The van der Waals surface area contributed by atoms with Crippen molar-refractivity contribution in [1.82, 2.24) is 10.6 Å². The van der Waals surface area contributed by atoms with Gasteiger partial charge in [0.25, 0.3) is 0 Å². The van der Waals surface area contributed by atoms with E-state index in [1.807, 2.05) is 13.0 Å². The van der Waals surface area contributed by atoms with E-state index in [1.165, 1.54) is 0 Å². The quantitative estimate of drug-likeness (QED) is 0.524. The molecule has 0 unspecified atom stereocenters. The van der Waals surface area contributed by atoms with Crippen LogP contribution in [-0.2, 0) is 16.1 Å². The third kappa shape index (κ3) is 8.28. The van der Waals surface area contributed by atoms with Crippen LogP contribution in [0.2, 0.25) is 0 Å². The van der Waals surface area contributed by atoms with Gasteiger partial charge in [0.2, 0.25) is 5.91 Å². The molecule has 2 aromatic rings. The van der Waals surface area contributed by atoms with E-state index in [2.05, 4.69) is 16.0 Å². The van der Waals surface area contributed by atoms with Crippen LogP contribution >= 0.6 is 0 Å². The summed E-state index contributed by atoms with van der Waals surface area (Å²) in [5.41, 5.74) is 0.638. The van der Waals surface area contributed by atoms with Gasteiger partial charge in [-0.2, -0.15) is 0 Å². The van der Waals surface area contributed by atoms with Gasteiger partial charge < -0.3 is 29.8 Å². The molecule has 0 saturated carbocycles. The van der Waals surface area contributed by atoms with Crippen molar-refractivity contribution in [3.63, 3.8) is 0 Å². The van der Waals surface area contributed by atoms with Crippen LogP contribution < -0.4 is 20.7 Å². The SMILES string of the molecule is CCOc1ccc(NC(=O)CNC(=O)NCCCOCc2ccco2)cc1. The first-order valence-electron chi connectivity index (χ1n) is 8.82. The molecule has 0 fully saturated rings. The summed E-state index contributed by atoms with van der Waals surface area (Å²) in [4.78, 5) is 23.5. The molecule has 1 heterocycles. The summed E-state index contributed by atoms with van der Waals surface area (Å²) in [6, 6.07) is 10.3. The van der Waals surface area contributed by atoms with Gasteiger partial charge in [-0.25, -0.2) is 4.79 Å². The molecule has 27 heavy (non-hydrogen) atoms. The van der Waals surface area contributed by atoms with Crippen molar-refractivity contribution in [3.8, 4) is 5.75 Å². The number of hydrogen-bond acceptors (Lipinski definition) is 5.